The second-order valence-electron chi connectivity index (χ2n) is 5.69. The van der Waals surface area contributed by atoms with Gasteiger partial charge in [0.15, 0.2) is 0 Å². The van der Waals surface area contributed by atoms with E-state index in [4.69, 9.17) is 9.29 Å². The third-order valence-electron chi connectivity index (χ3n) is 3.64. The van der Waals surface area contributed by atoms with Crippen LogP contribution in [-0.4, -0.2) is 38.6 Å². The van der Waals surface area contributed by atoms with E-state index in [1.54, 1.807) is 36.4 Å². The van der Waals surface area contributed by atoms with E-state index in [0.29, 0.717) is 0 Å². The molecule has 0 aromatic heterocycles. The van der Waals surface area contributed by atoms with E-state index in [9.17, 15) is 18.0 Å². The largest absolute Gasteiger partial charge is 0.480 e. The van der Waals surface area contributed by atoms with Gasteiger partial charge in [-0.25, -0.2) is 0 Å². The van der Waals surface area contributed by atoms with Crippen molar-refractivity contribution >= 4 is 37.9 Å². The van der Waals surface area contributed by atoms with Crippen LogP contribution in [0.4, 0.5) is 0 Å². The minimum absolute atomic E-state index is 0.0323. The van der Waals surface area contributed by atoms with Crippen molar-refractivity contribution < 1.29 is 27.3 Å². The highest BCUT2D eigenvalue weighted by molar-refractivity contribution is 9.10. The molecule has 0 heterocycles. The van der Waals surface area contributed by atoms with Gasteiger partial charge in [-0.3, -0.25) is 13.8 Å². The molecule has 2 rings (SSSR count). The first-order chi connectivity index (χ1) is 12.8. The zero-order valence-electron chi connectivity index (χ0n) is 14.2. The lowest BCUT2D eigenvalue weighted by molar-refractivity contribution is -0.138. The number of carboxylic acid groups (broad SMARTS) is 1. The van der Waals surface area contributed by atoms with Crippen LogP contribution in [0.25, 0.3) is 0 Å². The molecule has 0 aliphatic rings. The highest BCUT2D eigenvalue weighted by Crippen LogP contribution is 2.18. The summed E-state index contributed by atoms with van der Waals surface area (Å²) in [6.45, 7) is -0.956. The predicted molar refractivity (Wildman–Crippen MR) is 102 cm³/mol. The molecule has 1 atom stereocenters. The molecule has 0 radical (unpaired) electrons. The summed E-state index contributed by atoms with van der Waals surface area (Å²) >= 11 is 3.22. The van der Waals surface area contributed by atoms with Crippen LogP contribution in [0.3, 0.4) is 0 Å². The number of amides is 1. The molecule has 0 fully saturated rings. The molecule has 2 aromatic carbocycles. The molecule has 0 aliphatic heterocycles. The number of benzene rings is 2. The number of aliphatic carboxylic acids is 1. The molecule has 0 aliphatic carbocycles. The molecule has 2 aromatic rings. The Morgan fingerprint density at radius 2 is 1.70 bits per heavy atom. The second kappa shape index (κ2) is 9.63. The maximum absolute atomic E-state index is 12.3. The average molecular weight is 456 g/mol. The topological polar surface area (TPSA) is 110 Å². The van der Waals surface area contributed by atoms with E-state index in [0.717, 1.165) is 10.0 Å². The van der Waals surface area contributed by atoms with Crippen molar-refractivity contribution in [2.75, 3.05) is 13.2 Å². The normalized spacial score (nSPS) is 12.3. The Bertz CT molecular complexity index is 884. The zero-order chi connectivity index (χ0) is 19.9. The number of hydrogen-bond acceptors (Lipinski definition) is 5. The lowest BCUT2D eigenvalue weighted by Crippen LogP contribution is -2.38. The summed E-state index contributed by atoms with van der Waals surface area (Å²) in [5, 5.41) is 11.0. The van der Waals surface area contributed by atoms with Crippen molar-refractivity contribution in [3.8, 4) is 0 Å². The summed E-state index contributed by atoms with van der Waals surface area (Å²) in [7, 11) is -4.05. The number of halogens is 1. The Morgan fingerprint density at radius 1 is 1.07 bits per heavy atom. The number of carbonyl (C=O) groups excluding carboxylic acids is 1. The van der Waals surface area contributed by atoms with Gasteiger partial charge in [0, 0.05) is 4.47 Å². The monoisotopic (exact) mass is 455 g/mol. The summed E-state index contributed by atoms with van der Waals surface area (Å²) in [6, 6.07) is 14.9. The minimum atomic E-state index is -4.05. The van der Waals surface area contributed by atoms with Crippen LogP contribution in [0.2, 0.25) is 0 Å². The fraction of sp³-hybridized carbons (Fsp3) is 0.222. The van der Waals surface area contributed by atoms with Crippen LogP contribution >= 0.6 is 15.9 Å². The molecule has 1 amide bonds. The Kier molecular flexibility index (Phi) is 7.52. The van der Waals surface area contributed by atoms with Gasteiger partial charge in [0.05, 0.1) is 17.4 Å². The lowest BCUT2D eigenvalue weighted by atomic mass is 9.99. The SMILES string of the molecule is O=C(O)CNC(=O)[C@H](COS(=O)(=O)c1ccc(Br)cc1)Cc1ccccc1. The Balaban J connectivity index is 2.11. The van der Waals surface area contributed by atoms with Crippen molar-refractivity contribution in [1.29, 1.82) is 0 Å². The van der Waals surface area contributed by atoms with Crippen LogP contribution in [0, 0.1) is 5.92 Å². The molecule has 0 saturated heterocycles. The van der Waals surface area contributed by atoms with E-state index in [1.807, 2.05) is 6.07 Å². The lowest BCUT2D eigenvalue weighted by Gasteiger charge is -2.16. The first-order valence-corrected chi connectivity index (χ1v) is 10.2. The molecular weight excluding hydrogens is 438 g/mol. The summed E-state index contributed by atoms with van der Waals surface area (Å²) in [4.78, 5) is 22.9. The molecule has 0 bridgehead atoms. The maximum atomic E-state index is 12.3. The van der Waals surface area contributed by atoms with Crippen LogP contribution < -0.4 is 5.32 Å². The number of carboxylic acids is 1. The summed E-state index contributed by atoms with van der Waals surface area (Å²) in [5.41, 5.74) is 0.803. The maximum Gasteiger partial charge on any atom is 0.322 e. The molecule has 27 heavy (non-hydrogen) atoms. The number of rotatable bonds is 9. The molecule has 0 unspecified atom stereocenters. The quantitative estimate of drug-likeness (QED) is 0.560. The number of nitrogens with one attached hydrogen (secondary N) is 1. The first kappa shape index (κ1) is 21.1. The molecule has 0 saturated carbocycles. The fourth-order valence-electron chi connectivity index (χ4n) is 2.27. The molecule has 144 valence electrons. The Morgan fingerprint density at radius 3 is 2.30 bits per heavy atom. The van der Waals surface area contributed by atoms with E-state index in [2.05, 4.69) is 21.2 Å². The molecule has 2 N–H and O–H groups in total. The van der Waals surface area contributed by atoms with Gasteiger partial charge in [0.1, 0.15) is 6.54 Å². The fourth-order valence-corrected chi connectivity index (χ4v) is 3.49. The second-order valence-corrected chi connectivity index (χ2v) is 8.22. The van der Waals surface area contributed by atoms with Crippen LogP contribution in [0.15, 0.2) is 64.0 Å². The molecule has 9 heteroatoms. The van der Waals surface area contributed by atoms with Crippen molar-refractivity contribution in [2.45, 2.75) is 11.3 Å². The molecule has 0 spiro atoms. The third-order valence-corrected chi connectivity index (χ3v) is 5.46. The highest BCUT2D eigenvalue weighted by atomic mass is 79.9. The minimum Gasteiger partial charge on any atom is -0.480 e. The standard InChI is InChI=1S/C18H18BrNO6S/c19-15-6-8-16(9-7-15)27(24,25)26-12-14(18(23)20-11-17(21)22)10-13-4-2-1-3-5-13/h1-9,14H,10-12H2,(H,20,23)(H,21,22)/t14-/m0/s1. The van der Waals surface area contributed by atoms with Crippen LogP contribution in [-0.2, 0) is 30.3 Å². The van der Waals surface area contributed by atoms with E-state index in [-0.39, 0.29) is 11.3 Å². The van der Waals surface area contributed by atoms with E-state index >= 15 is 0 Å². The smallest absolute Gasteiger partial charge is 0.322 e. The molecule has 7 nitrogen and oxygen atoms in total. The van der Waals surface area contributed by atoms with Gasteiger partial charge in [-0.1, -0.05) is 46.3 Å². The van der Waals surface area contributed by atoms with Crippen molar-refractivity contribution in [3.63, 3.8) is 0 Å². The van der Waals surface area contributed by atoms with E-state index in [1.165, 1.54) is 12.1 Å². The van der Waals surface area contributed by atoms with Gasteiger partial charge >= 0.3 is 5.97 Å². The van der Waals surface area contributed by atoms with Crippen LogP contribution in [0.5, 0.6) is 0 Å². The average Bonchev–Trinajstić information content (AvgIpc) is 2.64. The van der Waals surface area contributed by atoms with Crippen molar-refractivity contribution in [1.82, 2.24) is 5.32 Å². The molecular formula is C18H18BrNO6S. The van der Waals surface area contributed by atoms with Gasteiger partial charge in [-0.05, 0) is 36.2 Å². The van der Waals surface area contributed by atoms with Gasteiger partial charge in [-0.15, -0.1) is 0 Å². The first-order valence-electron chi connectivity index (χ1n) is 7.96. The third kappa shape index (κ3) is 6.78. The van der Waals surface area contributed by atoms with E-state index < -0.39 is 41.1 Å². The zero-order valence-corrected chi connectivity index (χ0v) is 16.6. The Hall–Kier alpha value is -2.23. The number of carbonyl (C=O) groups is 2. The summed E-state index contributed by atoms with van der Waals surface area (Å²) in [6.07, 6.45) is 0.210. The van der Waals surface area contributed by atoms with Crippen molar-refractivity contribution in [2.24, 2.45) is 5.92 Å². The van der Waals surface area contributed by atoms with Gasteiger partial charge < -0.3 is 10.4 Å². The van der Waals surface area contributed by atoms with Gasteiger partial charge in [0.2, 0.25) is 5.91 Å². The Labute approximate surface area is 165 Å². The van der Waals surface area contributed by atoms with Gasteiger partial charge in [-0.2, -0.15) is 8.42 Å². The number of hydrogen-bond donors (Lipinski definition) is 2. The summed E-state index contributed by atoms with van der Waals surface area (Å²) in [5.74, 6) is -2.64. The van der Waals surface area contributed by atoms with Crippen molar-refractivity contribution in [3.05, 3.63) is 64.6 Å². The van der Waals surface area contributed by atoms with Gasteiger partial charge in [0.25, 0.3) is 10.1 Å². The summed E-state index contributed by atoms with van der Waals surface area (Å²) < 4.78 is 30.4. The van der Waals surface area contributed by atoms with Crippen LogP contribution in [0.1, 0.15) is 5.56 Å². The highest BCUT2D eigenvalue weighted by Gasteiger charge is 2.24. The predicted octanol–water partition coefficient (Wildman–Crippen LogP) is 2.21.